The third-order valence-corrected chi connectivity index (χ3v) is 2.30. The van der Waals surface area contributed by atoms with Crippen molar-refractivity contribution in [1.29, 1.82) is 0 Å². The first-order valence-corrected chi connectivity index (χ1v) is 5.61. The van der Waals surface area contributed by atoms with Gasteiger partial charge >= 0.3 is 11.9 Å². The summed E-state index contributed by atoms with van der Waals surface area (Å²) in [6, 6.07) is 5.04. The molecule has 0 heterocycles. The van der Waals surface area contributed by atoms with Gasteiger partial charge in [0.25, 0.3) is 0 Å². The number of carbonyl (C=O) groups is 2. The third-order valence-electron chi connectivity index (χ3n) is 2.30. The van der Waals surface area contributed by atoms with Gasteiger partial charge in [0.15, 0.2) is 0 Å². The summed E-state index contributed by atoms with van der Waals surface area (Å²) in [5.74, 6) is -0.352. The number of carbonyl (C=O) groups excluding carboxylic acids is 2. The fourth-order valence-electron chi connectivity index (χ4n) is 1.44. The van der Waals surface area contributed by atoms with Crippen LogP contribution in [0, 0.1) is 6.92 Å². The van der Waals surface area contributed by atoms with E-state index in [-0.39, 0.29) is 11.5 Å². The fourth-order valence-corrected chi connectivity index (χ4v) is 1.44. The molecule has 1 aromatic rings. The maximum Gasteiger partial charge on any atom is 0.338 e. The molecule has 0 aromatic heterocycles. The largest absolute Gasteiger partial charge is 0.462 e. The molecule has 1 rings (SSSR count). The van der Waals surface area contributed by atoms with Crippen LogP contribution in [0.4, 0.5) is 0 Å². The Kier molecular flexibility index (Phi) is 4.66. The first-order chi connectivity index (χ1) is 8.45. The van der Waals surface area contributed by atoms with Crippen LogP contribution >= 0.6 is 0 Å². The van der Waals surface area contributed by atoms with Crippen LogP contribution in [0.5, 0.6) is 5.75 Å². The Balaban J connectivity index is 2.93. The molecule has 0 aliphatic heterocycles. The predicted molar refractivity (Wildman–Crippen MR) is 68.2 cm³/mol. The number of hydrogen-bond acceptors (Lipinski definition) is 4. The summed E-state index contributed by atoms with van der Waals surface area (Å²) >= 11 is 0. The van der Waals surface area contributed by atoms with Crippen LogP contribution in [-0.2, 0) is 14.3 Å². The second kappa shape index (κ2) is 6.00. The molecule has 0 spiro atoms. The predicted octanol–water partition coefficient (Wildman–Crippen LogP) is 2.50. The van der Waals surface area contributed by atoms with Gasteiger partial charge in [-0.05, 0) is 37.1 Å². The minimum atomic E-state index is -0.447. The maximum absolute atomic E-state index is 11.5. The first kappa shape index (κ1) is 14.0. The molecule has 0 fully saturated rings. The van der Waals surface area contributed by atoms with E-state index in [1.165, 1.54) is 6.92 Å². The summed E-state index contributed by atoms with van der Waals surface area (Å²) < 4.78 is 9.87. The van der Waals surface area contributed by atoms with Crippen LogP contribution < -0.4 is 4.74 Å². The highest BCUT2D eigenvalue weighted by Gasteiger charge is 2.12. The highest BCUT2D eigenvalue weighted by molar-refractivity contribution is 6.15. The van der Waals surface area contributed by atoms with Gasteiger partial charge in [-0.1, -0.05) is 12.6 Å². The van der Waals surface area contributed by atoms with Crippen molar-refractivity contribution in [3.63, 3.8) is 0 Å². The van der Waals surface area contributed by atoms with Gasteiger partial charge in [0.1, 0.15) is 5.75 Å². The molecule has 0 atom stereocenters. The van der Waals surface area contributed by atoms with E-state index in [1.54, 1.807) is 32.0 Å². The zero-order chi connectivity index (χ0) is 13.7. The second-order valence-electron chi connectivity index (χ2n) is 3.77. The van der Waals surface area contributed by atoms with E-state index in [1.807, 2.05) is 0 Å². The monoisotopic (exact) mass is 248 g/mol. The number of hydrogen-bond donors (Lipinski definition) is 0. The molecule has 0 saturated carbocycles. The van der Waals surface area contributed by atoms with Crippen LogP contribution in [0.15, 0.2) is 24.8 Å². The van der Waals surface area contributed by atoms with Gasteiger partial charge < -0.3 is 9.47 Å². The molecule has 4 nitrogen and oxygen atoms in total. The number of esters is 2. The lowest BCUT2D eigenvalue weighted by molar-refractivity contribution is -0.136. The Morgan fingerprint density at radius 2 is 2.00 bits per heavy atom. The quantitative estimate of drug-likeness (QED) is 0.466. The van der Waals surface area contributed by atoms with Gasteiger partial charge in [0, 0.05) is 6.92 Å². The van der Waals surface area contributed by atoms with Gasteiger partial charge in [0.05, 0.1) is 12.2 Å². The highest BCUT2D eigenvalue weighted by Crippen LogP contribution is 2.23. The smallest absolute Gasteiger partial charge is 0.338 e. The van der Waals surface area contributed by atoms with Crippen molar-refractivity contribution in [2.24, 2.45) is 0 Å². The zero-order valence-electron chi connectivity index (χ0n) is 10.8. The fraction of sp³-hybridized carbons (Fsp3) is 0.286. The summed E-state index contributed by atoms with van der Waals surface area (Å²) in [5.41, 5.74) is 1.70. The number of ether oxygens (including phenoxy) is 2. The average Bonchev–Trinajstić information content (AvgIpc) is 2.30. The topological polar surface area (TPSA) is 52.6 Å². The summed E-state index contributed by atoms with van der Waals surface area (Å²) in [5, 5.41) is 0. The third kappa shape index (κ3) is 3.45. The normalized spacial score (nSPS) is 9.72. The summed E-state index contributed by atoms with van der Waals surface area (Å²) in [6.45, 7) is 8.87. The van der Waals surface area contributed by atoms with Gasteiger partial charge in [0.2, 0.25) is 0 Å². The molecule has 1 aromatic carbocycles. The van der Waals surface area contributed by atoms with Gasteiger partial charge in [-0.2, -0.15) is 0 Å². The molecular weight excluding hydrogens is 232 g/mol. The Morgan fingerprint density at radius 1 is 1.33 bits per heavy atom. The van der Waals surface area contributed by atoms with Crippen LogP contribution in [0.1, 0.15) is 25.0 Å². The Hall–Kier alpha value is -2.10. The SMILES string of the molecule is C=C(C(=O)OCC)c1ccc(OC(C)=O)c(C)c1. The lowest BCUT2D eigenvalue weighted by Gasteiger charge is -2.09. The lowest BCUT2D eigenvalue weighted by Crippen LogP contribution is -2.07. The van der Waals surface area contributed by atoms with E-state index in [9.17, 15) is 9.59 Å². The lowest BCUT2D eigenvalue weighted by atomic mass is 10.0. The standard InChI is InChI=1S/C14H16O4/c1-5-17-14(16)10(3)12-6-7-13(9(2)8-12)18-11(4)15/h6-8H,3,5H2,1-2,4H3. The second-order valence-corrected chi connectivity index (χ2v) is 3.77. The van der Waals surface area contributed by atoms with Crippen LogP contribution in [0.2, 0.25) is 0 Å². The van der Waals surface area contributed by atoms with Crippen molar-refractivity contribution in [3.05, 3.63) is 35.9 Å². The van der Waals surface area contributed by atoms with E-state index in [0.717, 1.165) is 5.56 Å². The van der Waals surface area contributed by atoms with E-state index in [4.69, 9.17) is 9.47 Å². The minimum Gasteiger partial charge on any atom is -0.462 e. The Labute approximate surface area is 106 Å². The molecular formula is C14H16O4. The zero-order valence-corrected chi connectivity index (χ0v) is 10.8. The number of benzene rings is 1. The molecule has 0 unspecified atom stereocenters. The number of aryl methyl sites for hydroxylation is 1. The van der Waals surface area contributed by atoms with Crippen LogP contribution in [0.25, 0.3) is 5.57 Å². The summed E-state index contributed by atoms with van der Waals surface area (Å²) in [7, 11) is 0. The summed E-state index contributed by atoms with van der Waals surface area (Å²) in [4.78, 5) is 22.4. The number of rotatable bonds is 4. The van der Waals surface area contributed by atoms with E-state index >= 15 is 0 Å². The summed E-state index contributed by atoms with van der Waals surface area (Å²) in [6.07, 6.45) is 0. The molecule has 4 heteroatoms. The molecule has 18 heavy (non-hydrogen) atoms. The minimum absolute atomic E-state index is 0.286. The first-order valence-electron chi connectivity index (χ1n) is 5.61. The molecule has 0 aliphatic rings. The van der Waals surface area contributed by atoms with Gasteiger partial charge in [-0.3, -0.25) is 4.79 Å². The Morgan fingerprint density at radius 3 is 2.50 bits per heavy atom. The van der Waals surface area contributed by atoms with Crippen molar-refractivity contribution >= 4 is 17.5 Å². The van der Waals surface area contributed by atoms with Crippen molar-refractivity contribution in [2.75, 3.05) is 6.61 Å². The van der Waals surface area contributed by atoms with Gasteiger partial charge in [-0.25, -0.2) is 4.79 Å². The van der Waals surface area contributed by atoms with Crippen molar-refractivity contribution in [1.82, 2.24) is 0 Å². The molecule has 0 saturated heterocycles. The van der Waals surface area contributed by atoms with Crippen LogP contribution in [0.3, 0.4) is 0 Å². The van der Waals surface area contributed by atoms with Gasteiger partial charge in [-0.15, -0.1) is 0 Å². The molecule has 0 bridgehead atoms. The van der Waals surface area contributed by atoms with E-state index in [0.29, 0.717) is 17.9 Å². The molecule has 0 amide bonds. The molecule has 0 aliphatic carbocycles. The molecule has 0 N–H and O–H groups in total. The highest BCUT2D eigenvalue weighted by atomic mass is 16.5. The molecule has 96 valence electrons. The van der Waals surface area contributed by atoms with E-state index in [2.05, 4.69) is 6.58 Å². The Bertz CT molecular complexity index is 489. The van der Waals surface area contributed by atoms with Crippen molar-refractivity contribution in [3.8, 4) is 5.75 Å². The molecule has 0 radical (unpaired) electrons. The maximum atomic E-state index is 11.5. The van der Waals surface area contributed by atoms with Crippen LogP contribution in [-0.4, -0.2) is 18.5 Å². The average molecular weight is 248 g/mol. The van der Waals surface area contributed by atoms with E-state index < -0.39 is 5.97 Å². The van der Waals surface area contributed by atoms with Crippen molar-refractivity contribution < 1.29 is 19.1 Å². The van der Waals surface area contributed by atoms with Crippen molar-refractivity contribution in [2.45, 2.75) is 20.8 Å².